The maximum absolute atomic E-state index is 13.7. The number of anilines is 1. The quantitative estimate of drug-likeness (QED) is 0.759. The molecule has 3 aromatic rings. The molecule has 4 heteroatoms. The van der Waals surface area contributed by atoms with Crippen LogP contribution in [0.2, 0.25) is 5.02 Å². The van der Waals surface area contributed by atoms with Crippen molar-refractivity contribution in [1.82, 2.24) is 4.98 Å². The Morgan fingerprint density at radius 1 is 1.15 bits per heavy atom. The highest BCUT2D eigenvalue weighted by Crippen LogP contribution is 2.23. The third-order valence-electron chi connectivity index (χ3n) is 3.17. The predicted octanol–water partition coefficient (Wildman–Crippen LogP) is 4.64. The van der Waals surface area contributed by atoms with Crippen LogP contribution in [0.25, 0.3) is 10.8 Å². The van der Waals surface area contributed by atoms with E-state index in [4.69, 9.17) is 11.6 Å². The second kappa shape index (κ2) is 5.47. The molecule has 0 radical (unpaired) electrons. The van der Waals surface area contributed by atoms with Gasteiger partial charge in [-0.15, -0.1) is 0 Å². The smallest absolute Gasteiger partial charge is 0.129 e. The number of halogens is 2. The second-order valence-corrected chi connectivity index (χ2v) is 4.93. The Morgan fingerprint density at radius 2 is 2.05 bits per heavy atom. The standard InChI is InChI=1S/C16H12ClFN2/c17-13-5-4-12(15(18)8-13)9-20-16-3-1-2-11-6-7-19-10-14(11)16/h1-8,10,20H,9H2. The molecule has 1 aromatic heterocycles. The number of hydrogen-bond acceptors (Lipinski definition) is 2. The van der Waals surface area contributed by atoms with Crippen LogP contribution >= 0.6 is 11.6 Å². The van der Waals surface area contributed by atoms with Gasteiger partial charge in [0.2, 0.25) is 0 Å². The van der Waals surface area contributed by atoms with E-state index < -0.39 is 0 Å². The molecule has 0 aliphatic rings. The van der Waals surface area contributed by atoms with E-state index in [0.29, 0.717) is 17.1 Å². The highest BCUT2D eigenvalue weighted by Gasteiger charge is 2.04. The van der Waals surface area contributed by atoms with Crippen LogP contribution < -0.4 is 5.32 Å². The number of benzene rings is 2. The molecule has 0 amide bonds. The first kappa shape index (κ1) is 12.9. The molecule has 20 heavy (non-hydrogen) atoms. The zero-order chi connectivity index (χ0) is 13.9. The fourth-order valence-electron chi connectivity index (χ4n) is 2.12. The lowest BCUT2D eigenvalue weighted by Gasteiger charge is -2.10. The van der Waals surface area contributed by atoms with E-state index in [0.717, 1.165) is 16.5 Å². The molecule has 1 heterocycles. The number of nitrogens with zero attached hydrogens (tertiary/aromatic N) is 1. The molecule has 0 unspecified atom stereocenters. The summed E-state index contributed by atoms with van der Waals surface area (Å²) >= 11 is 5.74. The van der Waals surface area contributed by atoms with Gasteiger partial charge in [-0.1, -0.05) is 29.8 Å². The molecule has 1 N–H and O–H groups in total. The molecule has 0 spiro atoms. The van der Waals surface area contributed by atoms with E-state index in [1.165, 1.54) is 6.07 Å². The number of pyridine rings is 1. The third kappa shape index (κ3) is 2.58. The summed E-state index contributed by atoms with van der Waals surface area (Å²) in [6.45, 7) is 0.400. The molecule has 0 fully saturated rings. The van der Waals surface area contributed by atoms with E-state index >= 15 is 0 Å². The SMILES string of the molecule is Fc1cc(Cl)ccc1CNc1cccc2ccncc12. The van der Waals surface area contributed by atoms with Crippen LogP contribution in [0.1, 0.15) is 5.56 Å². The minimum Gasteiger partial charge on any atom is -0.380 e. The summed E-state index contributed by atoms with van der Waals surface area (Å²) in [5.74, 6) is -0.302. The maximum Gasteiger partial charge on any atom is 0.129 e. The Kier molecular flexibility index (Phi) is 3.52. The van der Waals surface area contributed by atoms with Crippen LogP contribution in [0.15, 0.2) is 54.9 Å². The Balaban J connectivity index is 1.87. The molecule has 0 aliphatic heterocycles. The molecular weight excluding hydrogens is 275 g/mol. The van der Waals surface area contributed by atoms with Gasteiger partial charge in [0, 0.05) is 40.6 Å². The molecule has 0 saturated carbocycles. The zero-order valence-corrected chi connectivity index (χ0v) is 11.4. The Hall–Kier alpha value is -2.13. The molecule has 3 rings (SSSR count). The van der Waals surface area contributed by atoms with Crippen LogP contribution in [0.3, 0.4) is 0 Å². The summed E-state index contributed by atoms with van der Waals surface area (Å²) in [5, 5.41) is 5.76. The van der Waals surface area contributed by atoms with E-state index in [-0.39, 0.29) is 5.82 Å². The normalized spacial score (nSPS) is 10.7. The van der Waals surface area contributed by atoms with Crippen LogP contribution in [0.4, 0.5) is 10.1 Å². The molecule has 0 saturated heterocycles. The molecule has 0 aliphatic carbocycles. The minimum atomic E-state index is -0.302. The molecule has 2 nitrogen and oxygen atoms in total. The Bertz CT molecular complexity index is 753. The van der Waals surface area contributed by atoms with E-state index in [9.17, 15) is 4.39 Å². The van der Waals surface area contributed by atoms with Crippen LogP contribution in [0.5, 0.6) is 0 Å². The van der Waals surface area contributed by atoms with Crippen molar-refractivity contribution in [2.75, 3.05) is 5.32 Å². The first-order valence-electron chi connectivity index (χ1n) is 6.24. The number of fused-ring (bicyclic) bond motifs is 1. The fraction of sp³-hybridized carbons (Fsp3) is 0.0625. The highest BCUT2D eigenvalue weighted by molar-refractivity contribution is 6.30. The first-order chi connectivity index (χ1) is 9.74. The van der Waals surface area contributed by atoms with Gasteiger partial charge in [-0.3, -0.25) is 4.98 Å². The number of hydrogen-bond donors (Lipinski definition) is 1. The number of nitrogens with one attached hydrogen (secondary N) is 1. The lowest BCUT2D eigenvalue weighted by Crippen LogP contribution is -2.02. The van der Waals surface area contributed by atoms with Crippen molar-refractivity contribution in [3.63, 3.8) is 0 Å². The van der Waals surface area contributed by atoms with Gasteiger partial charge >= 0.3 is 0 Å². The average molecular weight is 287 g/mol. The van der Waals surface area contributed by atoms with Crippen molar-refractivity contribution in [3.8, 4) is 0 Å². The summed E-state index contributed by atoms with van der Waals surface area (Å²) in [7, 11) is 0. The molecule has 0 atom stereocenters. The summed E-state index contributed by atoms with van der Waals surface area (Å²) < 4.78 is 13.7. The van der Waals surface area contributed by atoms with Gasteiger partial charge in [0.15, 0.2) is 0 Å². The van der Waals surface area contributed by atoms with Gasteiger partial charge in [-0.2, -0.15) is 0 Å². The molecule has 2 aromatic carbocycles. The summed E-state index contributed by atoms with van der Waals surface area (Å²) in [4.78, 5) is 4.13. The largest absolute Gasteiger partial charge is 0.380 e. The van der Waals surface area contributed by atoms with Gasteiger partial charge < -0.3 is 5.32 Å². The Morgan fingerprint density at radius 3 is 2.90 bits per heavy atom. The monoisotopic (exact) mass is 286 g/mol. The van der Waals surface area contributed by atoms with Crippen LogP contribution in [0, 0.1) is 5.82 Å². The van der Waals surface area contributed by atoms with Gasteiger partial charge in [0.25, 0.3) is 0 Å². The van der Waals surface area contributed by atoms with E-state index in [2.05, 4.69) is 10.3 Å². The van der Waals surface area contributed by atoms with Crippen molar-refractivity contribution in [1.29, 1.82) is 0 Å². The zero-order valence-electron chi connectivity index (χ0n) is 10.6. The van der Waals surface area contributed by atoms with Crippen molar-refractivity contribution >= 4 is 28.1 Å². The van der Waals surface area contributed by atoms with Gasteiger partial charge in [-0.05, 0) is 29.7 Å². The van der Waals surface area contributed by atoms with Crippen molar-refractivity contribution in [2.45, 2.75) is 6.54 Å². The third-order valence-corrected chi connectivity index (χ3v) is 3.40. The average Bonchev–Trinajstić information content (AvgIpc) is 2.46. The van der Waals surface area contributed by atoms with Crippen molar-refractivity contribution in [2.24, 2.45) is 0 Å². The second-order valence-electron chi connectivity index (χ2n) is 4.49. The van der Waals surface area contributed by atoms with Gasteiger partial charge in [-0.25, -0.2) is 4.39 Å². The predicted molar refractivity (Wildman–Crippen MR) is 80.5 cm³/mol. The van der Waals surface area contributed by atoms with Gasteiger partial charge in [0.1, 0.15) is 5.82 Å². The first-order valence-corrected chi connectivity index (χ1v) is 6.62. The Labute approximate surface area is 121 Å². The summed E-state index contributed by atoms with van der Waals surface area (Å²) in [6, 6.07) is 12.6. The fourth-order valence-corrected chi connectivity index (χ4v) is 2.28. The lowest BCUT2D eigenvalue weighted by atomic mass is 10.1. The topological polar surface area (TPSA) is 24.9 Å². The van der Waals surface area contributed by atoms with Crippen LogP contribution in [-0.4, -0.2) is 4.98 Å². The van der Waals surface area contributed by atoms with Crippen molar-refractivity contribution < 1.29 is 4.39 Å². The van der Waals surface area contributed by atoms with E-state index in [1.807, 2.05) is 24.3 Å². The molecule has 0 bridgehead atoms. The summed E-state index contributed by atoms with van der Waals surface area (Å²) in [6.07, 6.45) is 3.56. The van der Waals surface area contributed by atoms with Crippen molar-refractivity contribution in [3.05, 3.63) is 71.3 Å². The van der Waals surface area contributed by atoms with Gasteiger partial charge in [0.05, 0.1) is 0 Å². The van der Waals surface area contributed by atoms with Crippen LogP contribution in [-0.2, 0) is 6.54 Å². The molecular formula is C16H12ClFN2. The van der Waals surface area contributed by atoms with E-state index in [1.54, 1.807) is 24.5 Å². The maximum atomic E-state index is 13.7. The number of rotatable bonds is 3. The number of aromatic nitrogens is 1. The molecule has 100 valence electrons. The minimum absolute atomic E-state index is 0.302. The highest BCUT2D eigenvalue weighted by atomic mass is 35.5. The summed E-state index contributed by atoms with van der Waals surface area (Å²) in [5.41, 5.74) is 1.51. The lowest BCUT2D eigenvalue weighted by molar-refractivity contribution is 0.613.